The van der Waals surface area contributed by atoms with E-state index >= 15 is 0 Å². The van der Waals surface area contributed by atoms with Crippen molar-refractivity contribution in [1.82, 2.24) is 0 Å². The second-order valence-corrected chi connectivity index (χ2v) is 4.45. The minimum Gasteiger partial charge on any atom is -0.369 e. The van der Waals surface area contributed by atoms with E-state index in [9.17, 15) is 9.59 Å². The molecule has 0 saturated carbocycles. The monoisotopic (exact) mass is 324 g/mol. The van der Waals surface area contributed by atoms with Crippen molar-refractivity contribution in [1.29, 1.82) is 5.41 Å². The van der Waals surface area contributed by atoms with Gasteiger partial charge in [-0.2, -0.15) is 0 Å². The number of primary amides is 1. The number of halogens is 1. The van der Waals surface area contributed by atoms with Crippen molar-refractivity contribution in [2.45, 2.75) is 32.6 Å². The van der Waals surface area contributed by atoms with Crippen LogP contribution >= 0.6 is 22.6 Å². The Labute approximate surface area is 104 Å². The first-order chi connectivity index (χ1) is 7.04. The van der Waals surface area contributed by atoms with Crippen LogP contribution in [0.1, 0.15) is 32.6 Å². The first kappa shape index (κ1) is 14.5. The molecule has 0 fully saturated rings. The minimum atomic E-state index is -0.697. The standard InChI is InChI=1S/C10H17IN2O2/c1-2-4-7(10(13)15)9(12)8(14)5-3-6-11/h7,12H,2-6H2,1H3,(H2,13,15)/t7-/m0/s1. The fourth-order valence-corrected chi connectivity index (χ4v) is 1.66. The fraction of sp³-hybridized carbons (Fsp3) is 0.700. The number of ketones is 1. The Hall–Kier alpha value is -0.460. The van der Waals surface area contributed by atoms with Crippen molar-refractivity contribution in [3.05, 3.63) is 0 Å². The summed E-state index contributed by atoms with van der Waals surface area (Å²) in [7, 11) is 0. The second kappa shape index (κ2) is 7.78. The third-order valence-corrected chi connectivity index (χ3v) is 2.87. The van der Waals surface area contributed by atoms with Gasteiger partial charge in [0, 0.05) is 6.42 Å². The molecule has 86 valence electrons. The van der Waals surface area contributed by atoms with Crippen LogP contribution < -0.4 is 5.73 Å². The molecule has 0 aliphatic rings. The Balaban J connectivity index is 4.36. The number of alkyl halides is 1. The van der Waals surface area contributed by atoms with Gasteiger partial charge < -0.3 is 11.1 Å². The van der Waals surface area contributed by atoms with Gasteiger partial charge in [0.25, 0.3) is 0 Å². The number of amides is 1. The molecule has 0 aromatic rings. The normalized spacial score (nSPS) is 12.1. The first-order valence-corrected chi connectivity index (χ1v) is 6.54. The summed E-state index contributed by atoms with van der Waals surface area (Å²) < 4.78 is 0.881. The van der Waals surface area contributed by atoms with Gasteiger partial charge in [-0.3, -0.25) is 9.59 Å². The third kappa shape index (κ3) is 5.25. The summed E-state index contributed by atoms with van der Waals surface area (Å²) in [5.41, 5.74) is 5.04. The van der Waals surface area contributed by atoms with Gasteiger partial charge in [-0.15, -0.1) is 0 Å². The molecule has 15 heavy (non-hydrogen) atoms. The van der Waals surface area contributed by atoms with E-state index in [-0.39, 0.29) is 11.5 Å². The maximum atomic E-state index is 11.5. The lowest BCUT2D eigenvalue weighted by molar-refractivity contribution is -0.121. The van der Waals surface area contributed by atoms with E-state index in [1.165, 1.54) is 0 Å². The van der Waals surface area contributed by atoms with E-state index < -0.39 is 11.8 Å². The first-order valence-electron chi connectivity index (χ1n) is 5.01. The Kier molecular flexibility index (Phi) is 7.54. The summed E-state index contributed by atoms with van der Waals surface area (Å²) >= 11 is 2.18. The van der Waals surface area contributed by atoms with E-state index in [2.05, 4.69) is 22.6 Å². The van der Waals surface area contributed by atoms with Crippen molar-refractivity contribution in [3.8, 4) is 0 Å². The summed E-state index contributed by atoms with van der Waals surface area (Å²) in [6.07, 6.45) is 2.33. The molecule has 0 aliphatic heterocycles. The molecule has 0 bridgehead atoms. The maximum absolute atomic E-state index is 11.5. The summed E-state index contributed by atoms with van der Waals surface area (Å²) in [5, 5.41) is 7.61. The molecule has 0 aromatic carbocycles. The van der Waals surface area contributed by atoms with Gasteiger partial charge in [-0.1, -0.05) is 35.9 Å². The molecule has 1 amide bonds. The lowest BCUT2D eigenvalue weighted by Gasteiger charge is -2.12. The van der Waals surface area contributed by atoms with Crippen LogP contribution in [0.15, 0.2) is 0 Å². The van der Waals surface area contributed by atoms with E-state index in [1.807, 2.05) is 6.92 Å². The molecule has 1 atom stereocenters. The van der Waals surface area contributed by atoms with Crippen LogP contribution in [0.2, 0.25) is 0 Å². The van der Waals surface area contributed by atoms with Crippen LogP contribution in [0.5, 0.6) is 0 Å². The topological polar surface area (TPSA) is 84.0 Å². The molecular weight excluding hydrogens is 307 g/mol. The van der Waals surface area contributed by atoms with Crippen LogP contribution in [-0.2, 0) is 9.59 Å². The summed E-state index contributed by atoms with van der Waals surface area (Å²) in [6.45, 7) is 1.90. The number of carbonyl (C=O) groups is 2. The van der Waals surface area contributed by atoms with Gasteiger partial charge in [0.1, 0.15) is 0 Å². The molecule has 3 N–H and O–H groups in total. The quantitative estimate of drug-likeness (QED) is 0.404. The van der Waals surface area contributed by atoms with Gasteiger partial charge in [0.05, 0.1) is 11.6 Å². The highest BCUT2D eigenvalue weighted by atomic mass is 127. The largest absolute Gasteiger partial charge is 0.369 e. The van der Waals surface area contributed by atoms with E-state index in [4.69, 9.17) is 11.1 Å². The van der Waals surface area contributed by atoms with E-state index in [0.29, 0.717) is 12.8 Å². The van der Waals surface area contributed by atoms with Crippen LogP contribution in [0.4, 0.5) is 0 Å². The van der Waals surface area contributed by atoms with Crippen LogP contribution in [0.3, 0.4) is 0 Å². The Morgan fingerprint density at radius 1 is 1.47 bits per heavy atom. The van der Waals surface area contributed by atoms with Crippen molar-refractivity contribution < 1.29 is 9.59 Å². The van der Waals surface area contributed by atoms with Gasteiger partial charge in [0.2, 0.25) is 5.91 Å². The smallest absolute Gasteiger partial charge is 0.226 e. The highest BCUT2D eigenvalue weighted by molar-refractivity contribution is 14.1. The zero-order valence-corrected chi connectivity index (χ0v) is 11.0. The Morgan fingerprint density at radius 2 is 2.07 bits per heavy atom. The lowest BCUT2D eigenvalue weighted by Crippen LogP contribution is -2.34. The zero-order chi connectivity index (χ0) is 11.8. The zero-order valence-electron chi connectivity index (χ0n) is 8.88. The molecule has 0 rings (SSSR count). The van der Waals surface area contributed by atoms with E-state index in [0.717, 1.165) is 17.3 Å². The van der Waals surface area contributed by atoms with Crippen molar-refractivity contribution in [2.24, 2.45) is 11.7 Å². The van der Waals surface area contributed by atoms with Gasteiger partial charge in [0.15, 0.2) is 5.78 Å². The second-order valence-electron chi connectivity index (χ2n) is 3.37. The van der Waals surface area contributed by atoms with Gasteiger partial charge >= 0.3 is 0 Å². The Morgan fingerprint density at radius 3 is 2.47 bits per heavy atom. The molecule has 0 radical (unpaired) electrons. The average Bonchev–Trinajstić information content (AvgIpc) is 2.21. The van der Waals surface area contributed by atoms with Crippen LogP contribution in [0, 0.1) is 11.3 Å². The van der Waals surface area contributed by atoms with E-state index in [1.54, 1.807) is 0 Å². The molecule has 0 unspecified atom stereocenters. The highest BCUT2D eigenvalue weighted by Crippen LogP contribution is 2.10. The minimum absolute atomic E-state index is 0.116. The highest BCUT2D eigenvalue weighted by Gasteiger charge is 2.24. The molecule has 0 saturated heterocycles. The average molecular weight is 324 g/mol. The number of hydrogen-bond donors (Lipinski definition) is 2. The third-order valence-electron chi connectivity index (χ3n) is 2.11. The number of rotatable bonds is 8. The Bertz CT molecular complexity index is 254. The number of nitrogens with two attached hydrogens (primary N) is 1. The fourth-order valence-electron chi connectivity index (χ4n) is 1.27. The number of hydrogen-bond acceptors (Lipinski definition) is 3. The number of carbonyl (C=O) groups excluding carboxylic acids is 2. The predicted octanol–water partition coefficient (Wildman–Crippen LogP) is 1.69. The molecule has 5 heteroatoms. The number of nitrogens with one attached hydrogen (secondary N) is 1. The summed E-state index contributed by atoms with van der Waals surface area (Å²) in [5.74, 6) is -1.51. The van der Waals surface area contributed by atoms with Crippen LogP contribution in [0.25, 0.3) is 0 Å². The van der Waals surface area contributed by atoms with Gasteiger partial charge in [-0.25, -0.2) is 0 Å². The number of Topliss-reactive ketones (excluding diaryl/α,β-unsaturated/α-hetero) is 1. The molecule has 0 aliphatic carbocycles. The summed E-state index contributed by atoms with van der Waals surface area (Å²) in [6, 6.07) is 0. The van der Waals surface area contributed by atoms with Crippen molar-refractivity contribution >= 4 is 40.0 Å². The maximum Gasteiger partial charge on any atom is 0.226 e. The van der Waals surface area contributed by atoms with Crippen molar-refractivity contribution in [3.63, 3.8) is 0 Å². The van der Waals surface area contributed by atoms with Gasteiger partial charge in [-0.05, 0) is 17.3 Å². The molecule has 0 spiro atoms. The lowest BCUT2D eigenvalue weighted by atomic mass is 9.93. The molecular formula is C10H17IN2O2. The predicted molar refractivity (Wildman–Crippen MR) is 68.4 cm³/mol. The SMILES string of the molecule is CCC[C@@H](C(=N)C(=O)CCCI)C(N)=O. The molecule has 4 nitrogen and oxygen atoms in total. The molecule has 0 heterocycles. The van der Waals surface area contributed by atoms with Crippen molar-refractivity contribution in [2.75, 3.05) is 4.43 Å². The summed E-state index contributed by atoms with van der Waals surface area (Å²) in [4.78, 5) is 22.5. The molecule has 0 aromatic heterocycles. The van der Waals surface area contributed by atoms with Crippen LogP contribution in [-0.4, -0.2) is 21.8 Å².